The standard InChI is InChI=1S/C18H26/c1-2-3-4-5-6-7-8-9-10-12-15-18-16-13-11-14-17-18/h6-7,10-14,16-17H,2-5,8-9,15H2,1H3/b7-6+,12-10+. The van der Waals surface area contributed by atoms with Gasteiger partial charge in [-0.05, 0) is 37.7 Å². The molecule has 1 aromatic rings. The molecule has 0 N–H and O–H groups in total. The Hall–Kier alpha value is -1.30. The summed E-state index contributed by atoms with van der Waals surface area (Å²) in [6, 6.07) is 10.6. The summed E-state index contributed by atoms with van der Waals surface area (Å²) in [7, 11) is 0. The van der Waals surface area contributed by atoms with Gasteiger partial charge in [0.1, 0.15) is 0 Å². The summed E-state index contributed by atoms with van der Waals surface area (Å²) >= 11 is 0. The van der Waals surface area contributed by atoms with Crippen molar-refractivity contribution < 1.29 is 0 Å². The fraction of sp³-hybridized carbons (Fsp3) is 0.444. The molecule has 0 aliphatic heterocycles. The molecular formula is C18H26. The summed E-state index contributed by atoms with van der Waals surface area (Å²) in [5.41, 5.74) is 1.39. The SMILES string of the molecule is CCCCC/C=C/CC/C=C/Cc1ccccc1. The van der Waals surface area contributed by atoms with Gasteiger partial charge in [-0.2, -0.15) is 0 Å². The molecule has 0 radical (unpaired) electrons. The highest BCUT2D eigenvalue weighted by molar-refractivity contribution is 5.17. The van der Waals surface area contributed by atoms with Crippen molar-refractivity contribution in [3.8, 4) is 0 Å². The van der Waals surface area contributed by atoms with E-state index in [0.717, 1.165) is 12.8 Å². The number of hydrogen-bond donors (Lipinski definition) is 0. The van der Waals surface area contributed by atoms with Crippen LogP contribution in [0.2, 0.25) is 0 Å². The van der Waals surface area contributed by atoms with Crippen LogP contribution in [-0.2, 0) is 6.42 Å². The lowest BCUT2D eigenvalue weighted by molar-refractivity contribution is 0.728. The molecular weight excluding hydrogens is 216 g/mol. The van der Waals surface area contributed by atoms with E-state index in [-0.39, 0.29) is 0 Å². The molecule has 18 heavy (non-hydrogen) atoms. The first-order valence-electron chi connectivity index (χ1n) is 7.27. The van der Waals surface area contributed by atoms with Crippen LogP contribution in [-0.4, -0.2) is 0 Å². The lowest BCUT2D eigenvalue weighted by Gasteiger charge is -1.94. The Labute approximate surface area is 112 Å². The smallest absolute Gasteiger partial charge is 0.00975 e. The van der Waals surface area contributed by atoms with Gasteiger partial charge >= 0.3 is 0 Å². The van der Waals surface area contributed by atoms with Gasteiger partial charge in [0.2, 0.25) is 0 Å². The lowest BCUT2D eigenvalue weighted by Crippen LogP contribution is -1.78. The van der Waals surface area contributed by atoms with E-state index >= 15 is 0 Å². The lowest BCUT2D eigenvalue weighted by atomic mass is 10.1. The zero-order valence-electron chi connectivity index (χ0n) is 11.6. The fourth-order valence-electron chi connectivity index (χ4n) is 1.89. The summed E-state index contributed by atoms with van der Waals surface area (Å²) in [6.07, 6.45) is 17.9. The predicted molar refractivity (Wildman–Crippen MR) is 81.8 cm³/mol. The molecule has 0 saturated carbocycles. The highest BCUT2D eigenvalue weighted by Gasteiger charge is 1.85. The van der Waals surface area contributed by atoms with Crippen LogP contribution < -0.4 is 0 Å². The first kappa shape index (κ1) is 14.8. The highest BCUT2D eigenvalue weighted by atomic mass is 13.9. The van der Waals surface area contributed by atoms with Crippen LogP contribution in [0.3, 0.4) is 0 Å². The summed E-state index contributed by atoms with van der Waals surface area (Å²) in [6.45, 7) is 2.25. The molecule has 0 unspecified atom stereocenters. The van der Waals surface area contributed by atoms with Crippen molar-refractivity contribution in [2.24, 2.45) is 0 Å². The molecule has 0 spiro atoms. The number of unbranched alkanes of at least 4 members (excludes halogenated alkanes) is 4. The topological polar surface area (TPSA) is 0 Å². The highest BCUT2D eigenvalue weighted by Crippen LogP contribution is 2.03. The molecule has 0 nitrogen and oxygen atoms in total. The number of benzene rings is 1. The average molecular weight is 242 g/mol. The van der Waals surface area contributed by atoms with Crippen LogP contribution in [0.5, 0.6) is 0 Å². The predicted octanol–water partition coefficient (Wildman–Crippen LogP) is 5.70. The minimum atomic E-state index is 1.06. The molecule has 0 atom stereocenters. The third-order valence-corrected chi connectivity index (χ3v) is 3.00. The molecule has 98 valence electrons. The van der Waals surface area contributed by atoms with Gasteiger partial charge < -0.3 is 0 Å². The third-order valence-electron chi connectivity index (χ3n) is 3.00. The third kappa shape index (κ3) is 7.89. The van der Waals surface area contributed by atoms with Crippen molar-refractivity contribution in [3.63, 3.8) is 0 Å². The summed E-state index contributed by atoms with van der Waals surface area (Å²) < 4.78 is 0. The number of rotatable bonds is 9. The largest absolute Gasteiger partial charge is 0.0885 e. The maximum absolute atomic E-state index is 2.33. The normalized spacial score (nSPS) is 11.6. The molecule has 0 amide bonds. The average Bonchev–Trinajstić information content (AvgIpc) is 2.42. The monoisotopic (exact) mass is 242 g/mol. The van der Waals surface area contributed by atoms with E-state index < -0.39 is 0 Å². The molecule has 1 aromatic carbocycles. The molecule has 0 bridgehead atoms. The fourth-order valence-corrected chi connectivity index (χ4v) is 1.89. The van der Waals surface area contributed by atoms with Crippen LogP contribution in [0.4, 0.5) is 0 Å². The van der Waals surface area contributed by atoms with Gasteiger partial charge in [-0.15, -0.1) is 0 Å². The van der Waals surface area contributed by atoms with E-state index in [2.05, 4.69) is 61.6 Å². The minimum absolute atomic E-state index is 1.06. The van der Waals surface area contributed by atoms with Crippen molar-refractivity contribution in [2.45, 2.75) is 51.9 Å². The Balaban J connectivity index is 2.00. The van der Waals surface area contributed by atoms with Gasteiger partial charge in [-0.25, -0.2) is 0 Å². The van der Waals surface area contributed by atoms with E-state index in [1.54, 1.807) is 0 Å². The Morgan fingerprint density at radius 3 is 2.17 bits per heavy atom. The van der Waals surface area contributed by atoms with Crippen molar-refractivity contribution in [3.05, 3.63) is 60.2 Å². The van der Waals surface area contributed by atoms with E-state index in [1.165, 1.54) is 37.7 Å². The minimum Gasteiger partial charge on any atom is -0.0885 e. The Kier molecular flexibility index (Phi) is 8.88. The van der Waals surface area contributed by atoms with Crippen molar-refractivity contribution in [1.29, 1.82) is 0 Å². The zero-order chi connectivity index (χ0) is 12.9. The van der Waals surface area contributed by atoms with Crippen LogP contribution in [0, 0.1) is 0 Å². The van der Waals surface area contributed by atoms with Gasteiger partial charge in [0.05, 0.1) is 0 Å². The van der Waals surface area contributed by atoms with Gasteiger partial charge in [0.15, 0.2) is 0 Å². The van der Waals surface area contributed by atoms with Crippen LogP contribution >= 0.6 is 0 Å². The molecule has 1 rings (SSSR count). The van der Waals surface area contributed by atoms with Crippen molar-refractivity contribution in [1.82, 2.24) is 0 Å². The van der Waals surface area contributed by atoms with Crippen molar-refractivity contribution >= 4 is 0 Å². The van der Waals surface area contributed by atoms with Crippen molar-refractivity contribution in [2.75, 3.05) is 0 Å². The molecule has 0 aromatic heterocycles. The molecule has 0 heteroatoms. The quantitative estimate of drug-likeness (QED) is 0.385. The molecule has 0 aliphatic rings. The van der Waals surface area contributed by atoms with Crippen LogP contribution in [0.25, 0.3) is 0 Å². The Morgan fingerprint density at radius 2 is 1.44 bits per heavy atom. The summed E-state index contributed by atoms with van der Waals surface area (Å²) in [5.74, 6) is 0. The molecule has 0 fully saturated rings. The maximum atomic E-state index is 2.33. The van der Waals surface area contributed by atoms with Crippen LogP contribution in [0.1, 0.15) is 51.0 Å². The second-order valence-electron chi connectivity index (χ2n) is 4.71. The second-order valence-corrected chi connectivity index (χ2v) is 4.71. The van der Waals surface area contributed by atoms with Crippen LogP contribution in [0.15, 0.2) is 54.6 Å². The number of hydrogen-bond acceptors (Lipinski definition) is 0. The van der Waals surface area contributed by atoms with Gasteiger partial charge in [0.25, 0.3) is 0 Å². The van der Waals surface area contributed by atoms with Gasteiger partial charge in [-0.3, -0.25) is 0 Å². The zero-order valence-corrected chi connectivity index (χ0v) is 11.6. The molecule has 0 saturated heterocycles. The Morgan fingerprint density at radius 1 is 0.778 bits per heavy atom. The van der Waals surface area contributed by atoms with Gasteiger partial charge in [-0.1, -0.05) is 74.4 Å². The van der Waals surface area contributed by atoms with E-state index in [9.17, 15) is 0 Å². The first-order valence-corrected chi connectivity index (χ1v) is 7.27. The van der Waals surface area contributed by atoms with E-state index in [4.69, 9.17) is 0 Å². The van der Waals surface area contributed by atoms with E-state index in [0.29, 0.717) is 0 Å². The summed E-state index contributed by atoms with van der Waals surface area (Å²) in [5, 5.41) is 0. The van der Waals surface area contributed by atoms with Gasteiger partial charge in [0, 0.05) is 0 Å². The maximum Gasteiger partial charge on any atom is -0.00975 e. The molecule has 0 heterocycles. The summed E-state index contributed by atoms with van der Waals surface area (Å²) in [4.78, 5) is 0. The Bertz CT molecular complexity index is 332. The second kappa shape index (κ2) is 10.8. The first-order chi connectivity index (χ1) is 8.93. The number of allylic oxidation sites excluding steroid dienone is 4. The van der Waals surface area contributed by atoms with E-state index in [1.807, 2.05) is 0 Å². The molecule has 0 aliphatic carbocycles.